The van der Waals surface area contributed by atoms with Gasteiger partial charge in [-0.1, -0.05) is 13.3 Å². The fourth-order valence-corrected chi connectivity index (χ4v) is 2.85. The molecule has 1 aliphatic carbocycles. The third kappa shape index (κ3) is 5.09. The van der Waals surface area contributed by atoms with E-state index < -0.39 is 23.7 Å². The van der Waals surface area contributed by atoms with Crippen molar-refractivity contribution in [3.05, 3.63) is 0 Å². The minimum Gasteiger partial charge on any atom is -0.460 e. The van der Waals surface area contributed by atoms with Crippen LogP contribution >= 0.6 is 0 Å². The van der Waals surface area contributed by atoms with Crippen molar-refractivity contribution in [2.24, 2.45) is 0 Å². The van der Waals surface area contributed by atoms with E-state index in [1.54, 1.807) is 6.92 Å². The number of carbonyl (C=O) groups excluding carboxylic acids is 2. The minimum atomic E-state index is -4.94. The molecule has 1 fully saturated rings. The predicted molar refractivity (Wildman–Crippen MR) is 77.3 cm³/mol. The van der Waals surface area contributed by atoms with Gasteiger partial charge in [0.2, 0.25) is 5.91 Å². The van der Waals surface area contributed by atoms with E-state index in [9.17, 15) is 22.8 Å². The lowest BCUT2D eigenvalue weighted by atomic mass is 9.93. The Hall–Kier alpha value is -1.31. The summed E-state index contributed by atoms with van der Waals surface area (Å²) in [5.41, 5.74) is -3.06. The average molecular weight is 339 g/mol. The molecule has 1 saturated carbocycles. The first-order chi connectivity index (χ1) is 10.8. The topological polar surface area (TPSA) is 72.0 Å². The molecular weight excluding hydrogens is 313 g/mol. The van der Waals surface area contributed by atoms with Gasteiger partial charge in [-0.05, 0) is 39.0 Å². The highest BCUT2D eigenvalue weighted by Gasteiger charge is 2.68. The molecule has 5 nitrogen and oxygen atoms in total. The Balaban J connectivity index is 3.10. The second kappa shape index (κ2) is 8.52. The van der Waals surface area contributed by atoms with Crippen LogP contribution < -0.4 is 10.6 Å². The Labute approximate surface area is 134 Å². The van der Waals surface area contributed by atoms with Gasteiger partial charge in [-0.2, -0.15) is 13.2 Å². The van der Waals surface area contributed by atoms with Crippen molar-refractivity contribution in [3.8, 4) is 0 Å². The third-order valence-corrected chi connectivity index (χ3v) is 3.99. The number of amides is 1. The summed E-state index contributed by atoms with van der Waals surface area (Å²) >= 11 is 0. The van der Waals surface area contributed by atoms with Crippen molar-refractivity contribution in [1.29, 1.82) is 0 Å². The van der Waals surface area contributed by atoms with Gasteiger partial charge >= 0.3 is 17.8 Å². The number of carbonyl (C=O) groups is 2. The number of nitrogens with two attached hydrogens (primary N) is 1. The first-order valence-electron chi connectivity index (χ1n) is 8.17. The van der Waals surface area contributed by atoms with Crippen molar-refractivity contribution < 1.29 is 32.8 Å². The van der Waals surface area contributed by atoms with Crippen molar-refractivity contribution >= 4 is 11.9 Å². The van der Waals surface area contributed by atoms with Gasteiger partial charge in [0.05, 0.1) is 12.6 Å². The van der Waals surface area contributed by atoms with Gasteiger partial charge < -0.3 is 10.1 Å². The number of alkyl halides is 3. The summed E-state index contributed by atoms with van der Waals surface area (Å²) < 4.78 is 45.9. The Bertz CT molecular complexity index is 409. The van der Waals surface area contributed by atoms with Gasteiger partial charge in [-0.15, -0.1) is 0 Å². The van der Waals surface area contributed by atoms with Crippen LogP contribution in [0.25, 0.3) is 0 Å². The summed E-state index contributed by atoms with van der Waals surface area (Å²) in [6.07, 6.45) is -0.837. The number of hydrogen-bond donors (Lipinski definition) is 2. The molecule has 0 aromatic rings. The monoisotopic (exact) mass is 339 g/mol. The van der Waals surface area contributed by atoms with E-state index >= 15 is 0 Å². The lowest BCUT2D eigenvalue weighted by Crippen LogP contribution is -3.10. The van der Waals surface area contributed by atoms with E-state index in [1.165, 1.54) is 6.92 Å². The molecule has 1 rings (SSSR count). The molecular formula is C15H26F3N2O3+. The lowest BCUT2D eigenvalue weighted by Gasteiger charge is -2.35. The molecule has 134 valence electrons. The third-order valence-electron chi connectivity index (χ3n) is 3.99. The van der Waals surface area contributed by atoms with Crippen molar-refractivity contribution in [2.45, 2.75) is 76.7 Å². The van der Waals surface area contributed by atoms with E-state index in [2.05, 4.69) is 4.74 Å². The Morgan fingerprint density at radius 3 is 2.26 bits per heavy atom. The number of esters is 1. The second-order valence-electron chi connectivity index (χ2n) is 5.89. The molecule has 0 radical (unpaired) electrons. The highest BCUT2D eigenvalue weighted by molar-refractivity contribution is 5.87. The van der Waals surface area contributed by atoms with Gasteiger partial charge in [-0.3, -0.25) is 10.1 Å². The number of nitrogens with one attached hydrogen (secondary N) is 1. The van der Waals surface area contributed by atoms with Crippen LogP contribution in [0, 0.1) is 0 Å². The molecule has 0 aromatic heterocycles. The summed E-state index contributed by atoms with van der Waals surface area (Å²) in [4.78, 5) is 24.0. The van der Waals surface area contributed by atoms with Crippen LogP contribution in [0.5, 0.6) is 0 Å². The largest absolute Gasteiger partial charge is 0.478 e. The molecule has 1 amide bonds. The number of halogens is 3. The summed E-state index contributed by atoms with van der Waals surface area (Å²) in [5, 5.41) is 2.87. The van der Waals surface area contributed by atoms with Crippen LogP contribution in [-0.2, 0) is 14.3 Å². The number of quaternary nitrogens is 1. The van der Waals surface area contributed by atoms with E-state index in [0.717, 1.165) is 24.6 Å². The SMILES string of the molecule is CCCC(=O)N[C@@]([NH2+]C1CCCCC1)(C(=O)OCC)C(F)(F)F. The maximum absolute atomic E-state index is 13.8. The van der Waals surface area contributed by atoms with E-state index in [1.807, 2.05) is 5.32 Å². The van der Waals surface area contributed by atoms with Crippen molar-refractivity contribution in [2.75, 3.05) is 6.61 Å². The van der Waals surface area contributed by atoms with Crippen molar-refractivity contribution in [1.82, 2.24) is 5.32 Å². The zero-order valence-electron chi connectivity index (χ0n) is 13.7. The highest BCUT2D eigenvalue weighted by Crippen LogP contribution is 2.28. The van der Waals surface area contributed by atoms with Crippen LogP contribution in [0.3, 0.4) is 0 Å². The number of ether oxygens (including phenoxy) is 1. The second-order valence-corrected chi connectivity index (χ2v) is 5.89. The molecule has 0 unspecified atom stereocenters. The molecule has 23 heavy (non-hydrogen) atoms. The standard InChI is InChI=1S/C15H25F3N2O3/c1-3-8-12(21)20-14(15(16,17)18,13(22)23-4-2)19-11-9-6-5-7-10-11/h11,19H,3-10H2,1-2H3,(H,20,21)/p+1/t14-/m0/s1. The number of hydrogen-bond acceptors (Lipinski definition) is 3. The average Bonchev–Trinajstić information content (AvgIpc) is 2.46. The van der Waals surface area contributed by atoms with Gasteiger partial charge in [0.15, 0.2) is 0 Å². The van der Waals surface area contributed by atoms with Crippen LogP contribution in [0.1, 0.15) is 58.8 Å². The maximum Gasteiger partial charge on any atom is 0.478 e. The minimum absolute atomic E-state index is 0.0737. The summed E-state index contributed by atoms with van der Waals surface area (Å²) in [6.45, 7) is 2.94. The van der Waals surface area contributed by atoms with Gasteiger partial charge in [-0.25, -0.2) is 4.79 Å². The molecule has 0 aromatic carbocycles. The van der Waals surface area contributed by atoms with E-state index in [4.69, 9.17) is 0 Å². The molecule has 8 heteroatoms. The van der Waals surface area contributed by atoms with E-state index in [-0.39, 0.29) is 19.1 Å². The normalized spacial score (nSPS) is 19.0. The van der Waals surface area contributed by atoms with E-state index in [0.29, 0.717) is 19.3 Å². The van der Waals surface area contributed by atoms with Crippen molar-refractivity contribution in [3.63, 3.8) is 0 Å². The first-order valence-corrected chi connectivity index (χ1v) is 8.17. The zero-order valence-corrected chi connectivity index (χ0v) is 13.7. The molecule has 0 spiro atoms. The Kier molecular flexibility index (Phi) is 7.31. The first kappa shape index (κ1) is 19.7. The molecule has 1 atom stereocenters. The van der Waals surface area contributed by atoms with Gasteiger partial charge in [0.25, 0.3) is 0 Å². The molecule has 3 N–H and O–H groups in total. The van der Waals surface area contributed by atoms with Crippen LogP contribution in [0.4, 0.5) is 13.2 Å². The van der Waals surface area contributed by atoms with Crippen LogP contribution in [-0.4, -0.2) is 36.4 Å². The molecule has 1 aliphatic rings. The van der Waals surface area contributed by atoms with Crippen LogP contribution in [0.15, 0.2) is 0 Å². The molecule has 0 bridgehead atoms. The lowest BCUT2D eigenvalue weighted by molar-refractivity contribution is -0.773. The van der Waals surface area contributed by atoms with Gasteiger partial charge in [0, 0.05) is 6.42 Å². The molecule has 0 heterocycles. The summed E-state index contributed by atoms with van der Waals surface area (Å²) in [6, 6.07) is -0.364. The zero-order chi connectivity index (χ0) is 17.5. The Morgan fingerprint density at radius 1 is 1.17 bits per heavy atom. The van der Waals surface area contributed by atoms with Crippen LogP contribution in [0.2, 0.25) is 0 Å². The summed E-state index contributed by atoms with van der Waals surface area (Å²) in [5.74, 6) is -2.26. The van der Waals surface area contributed by atoms with Gasteiger partial charge in [0.1, 0.15) is 0 Å². The fraction of sp³-hybridized carbons (Fsp3) is 0.867. The number of rotatable bonds is 7. The Morgan fingerprint density at radius 2 is 1.78 bits per heavy atom. The summed E-state index contributed by atoms with van der Waals surface area (Å²) in [7, 11) is 0. The fourth-order valence-electron chi connectivity index (χ4n) is 2.85. The predicted octanol–water partition coefficient (Wildman–Crippen LogP) is 1.62. The highest BCUT2D eigenvalue weighted by atomic mass is 19.4. The molecule has 0 aliphatic heterocycles. The maximum atomic E-state index is 13.8. The quantitative estimate of drug-likeness (QED) is 0.547. The molecule has 0 saturated heterocycles. The smallest absolute Gasteiger partial charge is 0.460 e.